The minimum Gasteiger partial charge on any atom is -0.382 e. The highest BCUT2D eigenvalue weighted by atomic mass is 19.4. The third kappa shape index (κ3) is 4.28. The molecule has 1 aliphatic rings. The summed E-state index contributed by atoms with van der Waals surface area (Å²) >= 11 is 0. The maximum Gasteiger partial charge on any atom is 0.433 e. The number of rotatable bonds is 7. The number of pyridine rings is 1. The van der Waals surface area contributed by atoms with E-state index in [1.807, 2.05) is 25.5 Å². The molecule has 9 nitrogen and oxygen atoms in total. The first-order chi connectivity index (χ1) is 16.3. The Labute approximate surface area is 193 Å². The summed E-state index contributed by atoms with van der Waals surface area (Å²) in [6.45, 7) is 2.17. The highest BCUT2D eigenvalue weighted by Gasteiger charge is 2.32. The molecule has 0 saturated carbocycles. The summed E-state index contributed by atoms with van der Waals surface area (Å²) < 4.78 is 47.2. The maximum atomic E-state index is 12.7. The average molecular weight is 472 g/mol. The minimum atomic E-state index is -4.45. The van der Waals surface area contributed by atoms with E-state index in [1.54, 1.807) is 18.0 Å². The van der Waals surface area contributed by atoms with E-state index in [9.17, 15) is 13.2 Å². The molecule has 0 aliphatic carbocycles. The number of methoxy groups -OCH3 is 1. The Morgan fingerprint density at radius 2 is 2.00 bits per heavy atom. The van der Waals surface area contributed by atoms with Crippen LogP contribution in [0.2, 0.25) is 0 Å². The number of halogens is 3. The molecule has 1 atom stereocenters. The SMILES string of the molecule is COCC1Cn2ccc3nc(NCc4cnn(Cc5ccc(C(F)(F)F)nc5)c4)nc(c32)N1C. The van der Waals surface area contributed by atoms with Crippen molar-refractivity contribution in [1.29, 1.82) is 0 Å². The van der Waals surface area contributed by atoms with Gasteiger partial charge in [0, 0.05) is 51.4 Å². The molecule has 34 heavy (non-hydrogen) atoms. The number of hydrogen-bond acceptors (Lipinski definition) is 7. The Bertz CT molecular complexity index is 1300. The number of nitrogens with zero attached hydrogens (tertiary/aromatic N) is 7. The second kappa shape index (κ2) is 8.60. The van der Waals surface area contributed by atoms with Crippen LogP contribution in [0, 0.1) is 0 Å². The Morgan fingerprint density at radius 3 is 2.74 bits per heavy atom. The Hall–Kier alpha value is -3.67. The molecule has 5 rings (SSSR count). The highest BCUT2D eigenvalue weighted by molar-refractivity contribution is 5.89. The summed E-state index contributed by atoms with van der Waals surface area (Å²) in [6, 6.07) is 4.53. The quantitative estimate of drug-likeness (QED) is 0.442. The van der Waals surface area contributed by atoms with E-state index in [1.165, 1.54) is 12.3 Å². The van der Waals surface area contributed by atoms with Crippen LogP contribution in [-0.4, -0.2) is 56.1 Å². The van der Waals surface area contributed by atoms with Crippen LogP contribution in [0.5, 0.6) is 0 Å². The number of aromatic nitrogens is 6. The average Bonchev–Trinajstić information content (AvgIpc) is 3.43. The van der Waals surface area contributed by atoms with E-state index < -0.39 is 11.9 Å². The molecule has 12 heteroatoms. The summed E-state index contributed by atoms with van der Waals surface area (Å²) in [4.78, 5) is 15.0. The predicted octanol–water partition coefficient (Wildman–Crippen LogP) is 3.17. The minimum absolute atomic E-state index is 0.175. The maximum absolute atomic E-state index is 12.7. The van der Waals surface area contributed by atoms with Crippen LogP contribution in [-0.2, 0) is 30.5 Å². The fraction of sp³-hybridized carbons (Fsp3) is 0.364. The van der Waals surface area contributed by atoms with Gasteiger partial charge in [0.25, 0.3) is 0 Å². The van der Waals surface area contributed by atoms with E-state index in [-0.39, 0.29) is 6.04 Å². The van der Waals surface area contributed by atoms with Gasteiger partial charge in [-0.15, -0.1) is 0 Å². The molecule has 0 radical (unpaired) electrons. The van der Waals surface area contributed by atoms with Crippen LogP contribution in [0.15, 0.2) is 43.0 Å². The van der Waals surface area contributed by atoms with Gasteiger partial charge in [-0.25, -0.2) is 4.98 Å². The molecular formula is C22H23F3N8O. The van der Waals surface area contributed by atoms with Crippen molar-refractivity contribution in [2.24, 2.45) is 0 Å². The zero-order valence-corrected chi connectivity index (χ0v) is 18.6. The van der Waals surface area contributed by atoms with E-state index in [0.29, 0.717) is 31.2 Å². The fourth-order valence-corrected chi connectivity index (χ4v) is 4.08. The van der Waals surface area contributed by atoms with Gasteiger partial charge < -0.3 is 19.5 Å². The lowest BCUT2D eigenvalue weighted by Gasteiger charge is -2.34. The van der Waals surface area contributed by atoms with Crippen molar-refractivity contribution in [2.75, 3.05) is 31.0 Å². The number of anilines is 2. The van der Waals surface area contributed by atoms with Crippen LogP contribution < -0.4 is 10.2 Å². The second-order valence-electron chi connectivity index (χ2n) is 8.24. The van der Waals surface area contributed by atoms with Gasteiger partial charge in [-0.2, -0.15) is 23.3 Å². The van der Waals surface area contributed by atoms with Crippen LogP contribution in [0.4, 0.5) is 24.9 Å². The van der Waals surface area contributed by atoms with Gasteiger partial charge in [-0.3, -0.25) is 9.67 Å². The van der Waals surface area contributed by atoms with Gasteiger partial charge >= 0.3 is 6.18 Å². The number of alkyl halides is 3. The summed E-state index contributed by atoms with van der Waals surface area (Å²) in [7, 11) is 3.70. The molecule has 5 heterocycles. The summed E-state index contributed by atoms with van der Waals surface area (Å²) in [5.74, 6) is 1.35. The Kier molecular flexibility index (Phi) is 5.60. The third-order valence-electron chi connectivity index (χ3n) is 5.84. The smallest absolute Gasteiger partial charge is 0.382 e. The first kappa shape index (κ1) is 22.1. The van der Waals surface area contributed by atoms with Gasteiger partial charge in [-0.1, -0.05) is 6.07 Å². The summed E-state index contributed by atoms with van der Waals surface area (Å²) in [6.07, 6.45) is 2.31. The van der Waals surface area contributed by atoms with E-state index in [2.05, 4.69) is 29.9 Å². The van der Waals surface area contributed by atoms with E-state index in [4.69, 9.17) is 9.72 Å². The molecule has 0 aromatic carbocycles. The van der Waals surface area contributed by atoms with Crippen molar-refractivity contribution in [1.82, 2.24) is 29.3 Å². The van der Waals surface area contributed by atoms with Crippen molar-refractivity contribution in [3.8, 4) is 0 Å². The van der Waals surface area contributed by atoms with Gasteiger partial charge in [0.1, 0.15) is 11.2 Å². The van der Waals surface area contributed by atoms with Gasteiger partial charge in [0.15, 0.2) is 5.82 Å². The van der Waals surface area contributed by atoms with Crippen LogP contribution >= 0.6 is 0 Å². The fourth-order valence-electron chi connectivity index (χ4n) is 4.08. The Morgan fingerprint density at radius 1 is 1.15 bits per heavy atom. The lowest BCUT2D eigenvalue weighted by molar-refractivity contribution is -0.141. The number of likely N-dealkylation sites (N-methyl/N-ethyl adjacent to an activating group) is 1. The van der Waals surface area contributed by atoms with Crippen molar-refractivity contribution in [2.45, 2.75) is 31.9 Å². The second-order valence-corrected chi connectivity index (χ2v) is 8.24. The van der Waals surface area contributed by atoms with Crippen molar-refractivity contribution in [3.05, 3.63) is 59.8 Å². The topological polar surface area (TPSA) is 85.9 Å². The molecule has 0 saturated heterocycles. The number of nitrogens with one attached hydrogen (secondary N) is 1. The monoisotopic (exact) mass is 472 g/mol. The van der Waals surface area contributed by atoms with E-state index >= 15 is 0 Å². The third-order valence-corrected chi connectivity index (χ3v) is 5.84. The lowest BCUT2D eigenvalue weighted by atomic mass is 10.2. The number of ether oxygens (including phenoxy) is 1. The predicted molar refractivity (Wildman–Crippen MR) is 119 cm³/mol. The van der Waals surface area contributed by atoms with Crippen molar-refractivity contribution in [3.63, 3.8) is 0 Å². The highest BCUT2D eigenvalue weighted by Crippen LogP contribution is 2.31. The molecule has 1 unspecified atom stereocenters. The first-order valence-electron chi connectivity index (χ1n) is 10.7. The Balaban J connectivity index is 1.27. The lowest BCUT2D eigenvalue weighted by Crippen LogP contribution is -2.42. The molecule has 1 aliphatic heterocycles. The molecule has 0 amide bonds. The number of hydrogen-bond donors (Lipinski definition) is 1. The standard InChI is InChI=1S/C22H23F3N8O/c1-31-16(13-34-2)12-32-6-5-17-19(32)20(31)30-21(29-17)27-8-15-9-28-33(11-15)10-14-3-4-18(26-7-14)22(23,24)25/h3-7,9,11,16H,8,10,12-13H2,1-2H3,(H,27,29,30). The van der Waals surface area contributed by atoms with Crippen molar-refractivity contribution >= 4 is 22.8 Å². The van der Waals surface area contributed by atoms with Crippen LogP contribution in [0.1, 0.15) is 16.8 Å². The van der Waals surface area contributed by atoms with Crippen molar-refractivity contribution < 1.29 is 17.9 Å². The van der Waals surface area contributed by atoms with Crippen LogP contribution in [0.3, 0.4) is 0 Å². The molecule has 0 fully saturated rings. The van der Waals surface area contributed by atoms with Gasteiger partial charge in [0.2, 0.25) is 5.95 Å². The molecule has 4 aromatic rings. The van der Waals surface area contributed by atoms with Crippen LogP contribution in [0.25, 0.3) is 11.0 Å². The molecular weight excluding hydrogens is 449 g/mol. The molecule has 0 bridgehead atoms. The first-order valence-corrected chi connectivity index (χ1v) is 10.7. The molecule has 0 spiro atoms. The largest absolute Gasteiger partial charge is 0.433 e. The molecule has 1 N–H and O–H groups in total. The summed E-state index contributed by atoms with van der Waals surface area (Å²) in [5, 5.41) is 7.54. The summed E-state index contributed by atoms with van der Waals surface area (Å²) in [5.41, 5.74) is 2.47. The zero-order chi connectivity index (χ0) is 23.9. The molecule has 178 valence electrons. The van der Waals surface area contributed by atoms with Gasteiger partial charge in [-0.05, 0) is 17.7 Å². The normalized spacial score (nSPS) is 15.8. The molecule has 4 aromatic heterocycles. The van der Waals surface area contributed by atoms with E-state index in [0.717, 1.165) is 35.0 Å². The zero-order valence-electron chi connectivity index (χ0n) is 18.6. The van der Waals surface area contributed by atoms with Gasteiger partial charge in [0.05, 0.1) is 30.9 Å².